The molecule has 1 aliphatic carbocycles. The number of carbonyl (C=O) groups is 1. The molecule has 0 amide bonds. The highest BCUT2D eigenvalue weighted by molar-refractivity contribution is 6.03. The van der Waals surface area contributed by atoms with Gasteiger partial charge < -0.3 is 18.9 Å². The number of hydrogen-bond acceptors (Lipinski definition) is 5. The Morgan fingerprint density at radius 1 is 1.04 bits per heavy atom. The SMILES string of the molecule is CCCCCOc1c(OC)ccc(C(=O)C2C(OC)=CC=CC2(C)C)c1OC. The standard InChI is InChI=1S/C23H32O5/c1-7-8-9-15-28-22-18(26-5)13-12-16(21(22)27-6)20(24)19-17(25-4)11-10-14-23(19,2)3/h10-14,19H,7-9,15H2,1-6H3. The molecule has 2 rings (SSSR count). The van der Waals surface area contributed by atoms with Crippen molar-refractivity contribution in [2.45, 2.75) is 40.0 Å². The second kappa shape index (κ2) is 9.67. The first kappa shape index (κ1) is 21.9. The molecule has 0 radical (unpaired) electrons. The van der Waals surface area contributed by atoms with Crippen LogP contribution in [0.3, 0.4) is 0 Å². The lowest BCUT2D eigenvalue weighted by Crippen LogP contribution is -2.33. The van der Waals surface area contributed by atoms with Gasteiger partial charge in [0.05, 0.1) is 39.4 Å². The summed E-state index contributed by atoms with van der Waals surface area (Å²) in [5, 5.41) is 0. The van der Waals surface area contributed by atoms with Gasteiger partial charge >= 0.3 is 0 Å². The summed E-state index contributed by atoms with van der Waals surface area (Å²) in [6.07, 6.45) is 8.90. The average Bonchev–Trinajstić information content (AvgIpc) is 2.69. The van der Waals surface area contributed by atoms with Crippen LogP contribution in [0.15, 0.2) is 36.1 Å². The van der Waals surface area contributed by atoms with E-state index < -0.39 is 5.92 Å². The largest absolute Gasteiger partial charge is 0.500 e. The Morgan fingerprint density at radius 3 is 2.39 bits per heavy atom. The van der Waals surface area contributed by atoms with E-state index in [1.165, 1.54) is 0 Å². The van der Waals surface area contributed by atoms with Crippen molar-refractivity contribution < 1.29 is 23.7 Å². The minimum atomic E-state index is -0.447. The first-order valence-electron chi connectivity index (χ1n) is 9.76. The van der Waals surface area contributed by atoms with Crippen LogP contribution in [0.25, 0.3) is 0 Å². The van der Waals surface area contributed by atoms with Crippen molar-refractivity contribution in [3.63, 3.8) is 0 Å². The highest BCUT2D eigenvalue weighted by atomic mass is 16.5. The number of methoxy groups -OCH3 is 3. The lowest BCUT2D eigenvalue weighted by molar-refractivity contribution is 0.0796. The molecule has 5 heteroatoms. The van der Waals surface area contributed by atoms with E-state index in [9.17, 15) is 4.79 Å². The molecule has 0 N–H and O–H groups in total. The Hall–Kier alpha value is -2.43. The van der Waals surface area contributed by atoms with E-state index in [1.807, 2.05) is 32.1 Å². The summed E-state index contributed by atoms with van der Waals surface area (Å²) in [5.41, 5.74) is 0.0784. The molecule has 1 atom stereocenters. The van der Waals surface area contributed by atoms with Crippen molar-refractivity contribution in [2.24, 2.45) is 11.3 Å². The molecule has 0 aromatic heterocycles. The fourth-order valence-electron chi connectivity index (χ4n) is 3.52. The van der Waals surface area contributed by atoms with E-state index in [4.69, 9.17) is 18.9 Å². The second-order valence-electron chi connectivity index (χ2n) is 7.48. The molecule has 0 aliphatic heterocycles. The molecule has 1 aliphatic rings. The Labute approximate surface area is 168 Å². The first-order valence-corrected chi connectivity index (χ1v) is 9.76. The average molecular weight is 389 g/mol. The number of carbonyl (C=O) groups excluding carboxylic acids is 1. The van der Waals surface area contributed by atoms with E-state index in [1.54, 1.807) is 33.5 Å². The van der Waals surface area contributed by atoms with Gasteiger partial charge in [0.1, 0.15) is 5.76 Å². The van der Waals surface area contributed by atoms with Crippen molar-refractivity contribution in [3.8, 4) is 17.2 Å². The minimum Gasteiger partial charge on any atom is -0.500 e. The predicted molar refractivity (Wildman–Crippen MR) is 110 cm³/mol. The van der Waals surface area contributed by atoms with Crippen molar-refractivity contribution in [2.75, 3.05) is 27.9 Å². The van der Waals surface area contributed by atoms with Crippen LogP contribution in [0.2, 0.25) is 0 Å². The van der Waals surface area contributed by atoms with Gasteiger partial charge in [0.25, 0.3) is 0 Å². The van der Waals surface area contributed by atoms with Crippen LogP contribution >= 0.6 is 0 Å². The lowest BCUT2D eigenvalue weighted by atomic mass is 9.71. The predicted octanol–water partition coefficient (Wildman–Crippen LogP) is 5.20. The molecule has 1 aromatic carbocycles. The van der Waals surface area contributed by atoms with Crippen LogP contribution in [-0.4, -0.2) is 33.7 Å². The molecule has 0 bridgehead atoms. The Morgan fingerprint density at radius 2 is 1.79 bits per heavy atom. The summed E-state index contributed by atoms with van der Waals surface area (Å²) in [5.74, 6) is 1.55. The third-order valence-corrected chi connectivity index (χ3v) is 5.07. The smallest absolute Gasteiger partial charge is 0.204 e. The summed E-state index contributed by atoms with van der Waals surface area (Å²) < 4.78 is 22.6. The summed E-state index contributed by atoms with van der Waals surface area (Å²) in [6, 6.07) is 3.49. The summed E-state index contributed by atoms with van der Waals surface area (Å²) in [4.78, 5) is 13.6. The highest BCUT2D eigenvalue weighted by Gasteiger charge is 2.40. The number of ketones is 1. The quantitative estimate of drug-likeness (QED) is 0.407. The number of rotatable bonds is 10. The number of Topliss-reactive ketones (excluding diaryl/α,β-unsaturated/α-hetero) is 1. The minimum absolute atomic E-state index is 0.0691. The summed E-state index contributed by atoms with van der Waals surface area (Å²) >= 11 is 0. The summed E-state index contributed by atoms with van der Waals surface area (Å²) in [7, 11) is 4.72. The van der Waals surface area contributed by atoms with Gasteiger partial charge in [-0.15, -0.1) is 0 Å². The molecule has 0 spiro atoms. The molecule has 0 heterocycles. The Balaban J connectivity index is 2.45. The maximum absolute atomic E-state index is 13.6. The number of unbranched alkanes of at least 4 members (excludes halogenated alkanes) is 2. The van der Waals surface area contributed by atoms with E-state index in [2.05, 4.69) is 6.92 Å². The van der Waals surface area contributed by atoms with Crippen LogP contribution in [0.1, 0.15) is 50.4 Å². The normalized spacial score (nSPS) is 17.6. The van der Waals surface area contributed by atoms with Gasteiger partial charge in [-0.25, -0.2) is 0 Å². The summed E-state index contributed by atoms with van der Waals surface area (Å²) in [6.45, 7) is 6.73. The van der Waals surface area contributed by atoms with Crippen molar-refractivity contribution >= 4 is 5.78 Å². The Kier molecular flexibility index (Phi) is 7.55. The van der Waals surface area contributed by atoms with Gasteiger partial charge in [0.15, 0.2) is 17.3 Å². The zero-order valence-corrected chi connectivity index (χ0v) is 17.8. The fraction of sp³-hybridized carbons (Fsp3) is 0.522. The number of benzene rings is 1. The molecule has 0 fully saturated rings. The second-order valence-corrected chi connectivity index (χ2v) is 7.48. The molecular weight excluding hydrogens is 356 g/mol. The van der Waals surface area contributed by atoms with Crippen molar-refractivity contribution in [1.82, 2.24) is 0 Å². The fourth-order valence-corrected chi connectivity index (χ4v) is 3.52. The molecule has 5 nitrogen and oxygen atoms in total. The van der Waals surface area contributed by atoms with Crippen molar-refractivity contribution in [3.05, 3.63) is 41.7 Å². The zero-order valence-electron chi connectivity index (χ0n) is 17.8. The van der Waals surface area contributed by atoms with E-state index in [0.29, 0.717) is 35.2 Å². The van der Waals surface area contributed by atoms with Crippen LogP contribution in [0.4, 0.5) is 0 Å². The highest BCUT2D eigenvalue weighted by Crippen LogP contribution is 2.45. The molecule has 28 heavy (non-hydrogen) atoms. The third kappa shape index (κ3) is 4.51. The first-order chi connectivity index (χ1) is 13.4. The number of allylic oxidation sites excluding steroid dienone is 4. The van der Waals surface area contributed by atoms with Crippen LogP contribution in [0, 0.1) is 11.3 Å². The van der Waals surface area contributed by atoms with Gasteiger partial charge in [-0.2, -0.15) is 0 Å². The molecule has 1 unspecified atom stereocenters. The van der Waals surface area contributed by atoms with Crippen LogP contribution in [-0.2, 0) is 4.74 Å². The van der Waals surface area contributed by atoms with Gasteiger partial charge in [0.2, 0.25) is 5.75 Å². The number of ether oxygens (including phenoxy) is 4. The van der Waals surface area contributed by atoms with E-state index in [0.717, 1.165) is 19.3 Å². The third-order valence-electron chi connectivity index (χ3n) is 5.07. The van der Waals surface area contributed by atoms with Crippen LogP contribution in [0.5, 0.6) is 17.2 Å². The van der Waals surface area contributed by atoms with Crippen LogP contribution < -0.4 is 14.2 Å². The van der Waals surface area contributed by atoms with Gasteiger partial charge in [-0.3, -0.25) is 4.79 Å². The van der Waals surface area contributed by atoms with Gasteiger partial charge in [-0.05, 0) is 24.6 Å². The molecular formula is C23H32O5. The zero-order chi connectivity index (χ0) is 20.7. The van der Waals surface area contributed by atoms with Gasteiger partial charge in [-0.1, -0.05) is 45.8 Å². The molecule has 0 saturated heterocycles. The molecule has 154 valence electrons. The lowest BCUT2D eigenvalue weighted by Gasteiger charge is -2.34. The topological polar surface area (TPSA) is 54.0 Å². The maximum atomic E-state index is 13.6. The molecule has 0 saturated carbocycles. The molecule has 1 aromatic rings. The number of hydrogen-bond donors (Lipinski definition) is 0. The Bertz CT molecular complexity index is 746. The van der Waals surface area contributed by atoms with Gasteiger partial charge in [0, 0.05) is 5.41 Å². The van der Waals surface area contributed by atoms with Crippen molar-refractivity contribution in [1.29, 1.82) is 0 Å². The monoisotopic (exact) mass is 388 g/mol. The maximum Gasteiger partial charge on any atom is 0.204 e. The van der Waals surface area contributed by atoms with E-state index in [-0.39, 0.29) is 11.2 Å². The van der Waals surface area contributed by atoms with E-state index >= 15 is 0 Å².